The van der Waals surface area contributed by atoms with Crippen LogP contribution in [0.5, 0.6) is 28.7 Å². The smallest absolute Gasteiger partial charge is 0.200 e. The van der Waals surface area contributed by atoms with E-state index >= 15 is 0 Å². The van der Waals surface area contributed by atoms with Crippen molar-refractivity contribution in [1.29, 1.82) is 0 Å². The fourth-order valence-electron chi connectivity index (χ4n) is 3.89. The molecule has 5 N–H and O–H groups in total. The summed E-state index contributed by atoms with van der Waals surface area (Å²) in [5.74, 6) is -1.62. The van der Waals surface area contributed by atoms with Crippen LogP contribution in [-0.2, 0) is 25.7 Å². The Kier molecular flexibility index (Phi) is 5.58. The molecule has 158 valence electrons. The average Bonchev–Trinajstić information content (AvgIpc) is 2.76. The molecule has 4 aromatic rings. The molecule has 0 spiro atoms. The zero-order valence-corrected chi connectivity index (χ0v) is 16.9. The normalized spacial score (nSPS) is 11.1. The van der Waals surface area contributed by atoms with Gasteiger partial charge < -0.3 is 25.5 Å². The van der Waals surface area contributed by atoms with Crippen molar-refractivity contribution in [3.05, 3.63) is 89.0 Å². The lowest BCUT2D eigenvalue weighted by molar-refractivity contribution is 0.367. The van der Waals surface area contributed by atoms with Gasteiger partial charge in [-0.1, -0.05) is 42.5 Å². The van der Waals surface area contributed by atoms with Gasteiger partial charge in [0.25, 0.3) is 0 Å². The van der Waals surface area contributed by atoms with Crippen LogP contribution in [0.3, 0.4) is 0 Å². The highest BCUT2D eigenvalue weighted by molar-refractivity contribution is 5.83. The Bertz CT molecular complexity index is 1220. The predicted molar refractivity (Wildman–Crippen MR) is 120 cm³/mol. The minimum absolute atomic E-state index is 0.155. The molecule has 0 saturated heterocycles. The number of rotatable bonds is 6. The van der Waals surface area contributed by atoms with Crippen molar-refractivity contribution >= 4 is 10.8 Å². The fraction of sp³-hybridized carbons (Fsp3) is 0.154. The molecule has 5 heteroatoms. The summed E-state index contributed by atoms with van der Waals surface area (Å²) in [7, 11) is 0. The maximum Gasteiger partial charge on any atom is 0.200 e. The minimum Gasteiger partial charge on any atom is -0.504 e. The van der Waals surface area contributed by atoms with Gasteiger partial charge in [0, 0.05) is 0 Å². The molecule has 0 fully saturated rings. The maximum absolute atomic E-state index is 10.0. The van der Waals surface area contributed by atoms with Crippen molar-refractivity contribution in [3.8, 4) is 28.7 Å². The molecule has 0 bridgehead atoms. The second-order valence-electron chi connectivity index (χ2n) is 7.77. The van der Waals surface area contributed by atoms with Crippen LogP contribution in [0, 0.1) is 0 Å². The Morgan fingerprint density at radius 2 is 1.00 bits per heavy atom. The summed E-state index contributed by atoms with van der Waals surface area (Å²) in [5.41, 5.74) is 3.64. The molecule has 0 aliphatic carbocycles. The second-order valence-corrected chi connectivity index (χ2v) is 7.77. The number of hydrogen-bond acceptors (Lipinski definition) is 5. The Hall–Kier alpha value is -3.86. The molecule has 4 rings (SSSR count). The van der Waals surface area contributed by atoms with Gasteiger partial charge in [0.1, 0.15) is 0 Å². The highest BCUT2D eigenvalue weighted by Gasteiger charge is 2.12. The van der Waals surface area contributed by atoms with Crippen LogP contribution in [-0.4, -0.2) is 25.5 Å². The van der Waals surface area contributed by atoms with E-state index in [1.165, 1.54) is 28.5 Å². The number of phenolic OH excluding ortho intramolecular Hbond substituents is 5. The number of phenols is 5. The zero-order valence-electron chi connectivity index (χ0n) is 16.9. The molecule has 31 heavy (non-hydrogen) atoms. The fourth-order valence-corrected chi connectivity index (χ4v) is 3.89. The van der Waals surface area contributed by atoms with Gasteiger partial charge in [-0.05, 0) is 83.0 Å². The molecule has 0 saturated carbocycles. The first-order valence-corrected chi connectivity index (χ1v) is 10.2. The third-order valence-corrected chi connectivity index (χ3v) is 5.61. The number of aryl methyl sites for hydroxylation is 4. The van der Waals surface area contributed by atoms with Crippen LogP contribution in [0.4, 0.5) is 0 Å². The van der Waals surface area contributed by atoms with E-state index in [-0.39, 0.29) is 23.0 Å². The number of fused-ring (bicyclic) bond motifs is 1. The largest absolute Gasteiger partial charge is 0.504 e. The van der Waals surface area contributed by atoms with Gasteiger partial charge in [-0.25, -0.2) is 0 Å². The molecule has 5 nitrogen and oxygen atoms in total. The lowest BCUT2D eigenvalue weighted by Crippen LogP contribution is -2.00. The first-order valence-electron chi connectivity index (χ1n) is 10.2. The van der Waals surface area contributed by atoms with Gasteiger partial charge in [-0.15, -0.1) is 0 Å². The lowest BCUT2D eigenvalue weighted by atomic mass is 9.94. The molecular weight excluding hydrogens is 392 g/mol. The van der Waals surface area contributed by atoms with Gasteiger partial charge >= 0.3 is 0 Å². The van der Waals surface area contributed by atoms with Crippen molar-refractivity contribution in [3.63, 3.8) is 0 Å². The Labute approximate surface area is 180 Å². The minimum atomic E-state index is -0.540. The quantitative estimate of drug-likeness (QED) is 0.287. The average molecular weight is 416 g/mol. The Morgan fingerprint density at radius 3 is 1.61 bits per heavy atom. The van der Waals surface area contributed by atoms with Crippen molar-refractivity contribution in [1.82, 2.24) is 0 Å². The summed E-state index contributed by atoms with van der Waals surface area (Å²) < 4.78 is 0. The molecule has 0 heterocycles. The van der Waals surface area contributed by atoms with E-state index in [0.717, 1.165) is 17.5 Å². The van der Waals surface area contributed by atoms with E-state index in [1.807, 2.05) is 12.1 Å². The number of hydrogen-bond donors (Lipinski definition) is 5. The van der Waals surface area contributed by atoms with Crippen molar-refractivity contribution in [2.75, 3.05) is 0 Å². The summed E-state index contributed by atoms with van der Waals surface area (Å²) in [4.78, 5) is 0. The molecule has 0 aliphatic rings. The third-order valence-electron chi connectivity index (χ3n) is 5.61. The van der Waals surface area contributed by atoms with Crippen molar-refractivity contribution in [2.45, 2.75) is 25.7 Å². The molecular formula is C26H24O5. The van der Waals surface area contributed by atoms with Gasteiger partial charge in [0.15, 0.2) is 28.7 Å². The molecule has 0 unspecified atom stereocenters. The molecule has 0 amide bonds. The highest BCUT2D eigenvalue weighted by Crippen LogP contribution is 2.36. The highest BCUT2D eigenvalue weighted by atomic mass is 16.3. The number of benzene rings is 4. The predicted octanol–water partition coefficient (Wildman–Crippen LogP) is 4.94. The second kappa shape index (κ2) is 8.48. The monoisotopic (exact) mass is 416 g/mol. The van der Waals surface area contributed by atoms with Gasteiger partial charge in [-0.2, -0.15) is 0 Å². The van der Waals surface area contributed by atoms with E-state index in [4.69, 9.17) is 0 Å². The number of aromatic hydroxyl groups is 5. The topological polar surface area (TPSA) is 101 Å². The Balaban J connectivity index is 1.53. The molecule has 0 radical (unpaired) electrons. The Morgan fingerprint density at radius 1 is 0.452 bits per heavy atom. The van der Waals surface area contributed by atoms with Crippen LogP contribution >= 0.6 is 0 Å². The summed E-state index contributed by atoms with van der Waals surface area (Å²) in [6.07, 6.45) is 2.48. The van der Waals surface area contributed by atoms with E-state index in [9.17, 15) is 25.5 Å². The van der Waals surface area contributed by atoms with E-state index in [1.54, 1.807) is 12.1 Å². The third kappa shape index (κ3) is 4.51. The summed E-state index contributed by atoms with van der Waals surface area (Å²) >= 11 is 0. The van der Waals surface area contributed by atoms with Crippen LogP contribution in [0.1, 0.15) is 22.3 Å². The zero-order chi connectivity index (χ0) is 22.0. The van der Waals surface area contributed by atoms with Crippen molar-refractivity contribution in [2.24, 2.45) is 0 Å². The van der Waals surface area contributed by atoms with Gasteiger partial charge in [-0.3, -0.25) is 0 Å². The van der Waals surface area contributed by atoms with Gasteiger partial charge in [0.2, 0.25) is 0 Å². The molecule has 0 aliphatic heterocycles. The van der Waals surface area contributed by atoms with Crippen LogP contribution in [0.2, 0.25) is 0 Å². The first-order chi connectivity index (χ1) is 14.9. The standard InChI is InChI=1S/C26H24O5/c27-22-14-20(9-6-16-5-8-18-3-1-2-4-19(18)11-16)21(15-23(22)28)10-7-17-12-24(29)26(31)25(30)13-17/h1-5,8,11-15,27-31H,6-7,9-10H2. The van der Waals surface area contributed by atoms with E-state index < -0.39 is 5.75 Å². The van der Waals surface area contributed by atoms with Crippen LogP contribution in [0.25, 0.3) is 10.8 Å². The van der Waals surface area contributed by atoms with Crippen LogP contribution < -0.4 is 0 Å². The molecule has 4 aromatic carbocycles. The summed E-state index contributed by atoms with van der Waals surface area (Å²) in [6, 6.07) is 20.5. The maximum atomic E-state index is 10.0. The molecule has 0 aromatic heterocycles. The summed E-state index contributed by atoms with van der Waals surface area (Å²) in [6.45, 7) is 0. The first kappa shape index (κ1) is 20.4. The van der Waals surface area contributed by atoms with E-state index in [0.29, 0.717) is 24.8 Å². The van der Waals surface area contributed by atoms with Gasteiger partial charge in [0.05, 0.1) is 0 Å². The van der Waals surface area contributed by atoms with E-state index in [2.05, 4.69) is 30.3 Å². The van der Waals surface area contributed by atoms with Crippen molar-refractivity contribution < 1.29 is 25.5 Å². The molecule has 0 atom stereocenters. The lowest BCUT2D eigenvalue weighted by Gasteiger charge is -2.13. The SMILES string of the molecule is Oc1cc(CCc2cc(O)c(O)c(O)c2)c(CCc2ccc3ccccc3c2)cc1O. The van der Waals surface area contributed by atoms with Crippen LogP contribution in [0.15, 0.2) is 66.7 Å². The summed E-state index contributed by atoms with van der Waals surface area (Å²) in [5, 5.41) is 51.3.